The van der Waals surface area contributed by atoms with Crippen LogP contribution in [0.5, 0.6) is 5.75 Å². The SMILES string of the molecule is COc1ccccc1C(O)(CNC1CC1)C(C)C. The van der Waals surface area contributed by atoms with E-state index in [1.807, 2.05) is 38.1 Å². The predicted molar refractivity (Wildman–Crippen MR) is 72.8 cm³/mol. The second-order valence-corrected chi connectivity index (χ2v) is 5.43. The Balaban J connectivity index is 2.26. The monoisotopic (exact) mass is 249 g/mol. The smallest absolute Gasteiger partial charge is 0.125 e. The van der Waals surface area contributed by atoms with Gasteiger partial charge in [-0.2, -0.15) is 0 Å². The van der Waals surface area contributed by atoms with Crippen molar-refractivity contribution in [2.75, 3.05) is 13.7 Å². The van der Waals surface area contributed by atoms with Crippen LogP contribution in [-0.2, 0) is 5.60 Å². The van der Waals surface area contributed by atoms with Gasteiger partial charge in [0.2, 0.25) is 0 Å². The van der Waals surface area contributed by atoms with Crippen LogP contribution in [0.1, 0.15) is 32.3 Å². The van der Waals surface area contributed by atoms with Gasteiger partial charge >= 0.3 is 0 Å². The number of hydrogen-bond acceptors (Lipinski definition) is 3. The maximum Gasteiger partial charge on any atom is 0.125 e. The fraction of sp³-hybridized carbons (Fsp3) is 0.600. The second-order valence-electron chi connectivity index (χ2n) is 5.43. The second kappa shape index (κ2) is 5.29. The van der Waals surface area contributed by atoms with Gasteiger partial charge in [-0.25, -0.2) is 0 Å². The molecule has 3 nitrogen and oxygen atoms in total. The first-order valence-corrected chi connectivity index (χ1v) is 6.67. The molecule has 18 heavy (non-hydrogen) atoms. The molecule has 3 heteroatoms. The zero-order chi connectivity index (χ0) is 13.2. The van der Waals surface area contributed by atoms with Crippen LogP contribution in [0.25, 0.3) is 0 Å². The summed E-state index contributed by atoms with van der Waals surface area (Å²) in [5.41, 5.74) is -0.00880. The molecule has 100 valence electrons. The van der Waals surface area contributed by atoms with E-state index in [1.54, 1.807) is 7.11 Å². The minimum absolute atomic E-state index is 0.125. The highest BCUT2D eigenvalue weighted by molar-refractivity contribution is 5.38. The van der Waals surface area contributed by atoms with Crippen LogP contribution >= 0.6 is 0 Å². The normalized spacial score (nSPS) is 18.7. The summed E-state index contributed by atoms with van der Waals surface area (Å²) in [7, 11) is 1.65. The van der Waals surface area contributed by atoms with Crippen LogP contribution in [-0.4, -0.2) is 24.8 Å². The Labute approximate surface area is 109 Å². The molecule has 2 N–H and O–H groups in total. The molecule has 0 saturated heterocycles. The van der Waals surface area contributed by atoms with Crippen LogP contribution in [0.4, 0.5) is 0 Å². The Bertz CT molecular complexity index is 401. The summed E-state index contributed by atoms with van der Waals surface area (Å²) in [6.45, 7) is 4.66. The fourth-order valence-corrected chi connectivity index (χ4v) is 2.20. The Morgan fingerprint density at radius 3 is 2.61 bits per heavy atom. The Kier molecular flexibility index (Phi) is 3.93. The van der Waals surface area contributed by atoms with Crippen molar-refractivity contribution in [2.45, 2.75) is 38.3 Å². The van der Waals surface area contributed by atoms with Crippen LogP contribution in [0.3, 0.4) is 0 Å². The summed E-state index contributed by atoms with van der Waals surface area (Å²) in [5.74, 6) is 0.881. The molecular formula is C15H23NO2. The summed E-state index contributed by atoms with van der Waals surface area (Å²) in [5, 5.41) is 14.4. The van der Waals surface area contributed by atoms with Crippen molar-refractivity contribution in [2.24, 2.45) is 5.92 Å². The Morgan fingerprint density at radius 2 is 2.06 bits per heavy atom. The lowest BCUT2D eigenvalue weighted by atomic mass is 9.82. The number of rotatable bonds is 6. The van der Waals surface area contributed by atoms with Crippen molar-refractivity contribution in [3.05, 3.63) is 29.8 Å². The molecule has 1 aromatic rings. The molecule has 1 fully saturated rings. The fourth-order valence-electron chi connectivity index (χ4n) is 2.20. The lowest BCUT2D eigenvalue weighted by molar-refractivity contribution is -0.0114. The highest BCUT2D eigenvalue weighted by Crippen LogP contribution is 2.36. The topological polar surface area (TPSA) is 41.5 Å². The van der Waals surface area contributed by atoms with Crippen molar-refractivity contribution >= 4 is 0 Å². The van der Waals surface area contributed by atoms with E-state index in [-0.39, 0.29) is 5.92 Å². The number of methoxy groups -OCH3 is 1. The molecule has 1 atom stereocenters. The van der Waals surface area contributed by atoms with Gasteiger partial charge < -0.3 is 15.2 Å². The summed E-state index contributed by atoms with van der Waals surface area (Å²) in [6, 6.07) is 8.32. The van der Waals surface area contributed by atoms with E-state index in [0.29, 0.717) is 12.6 Å². The van der Waals surface area contributed by atoms with Crippen LogP contribution < -0.4 is 10.1 Å². The number of hydrogen-bond donors (Lipinski definition) is 2. The standard InChI is InChI=1S/C15H23NO2/c1-11(2)15(17,10-16-12-8-9-12)13-6-4-5-7-14(13)18-3/h4-7,11-12,16-17H,8-10H2,1-3H3. The zero-order valence-corrected chi connectivity index (χ0v) is 11.4. The minimum Gasteiger partial charge on any atom is -0.496 e. The number of aliphatic hydroxyl groups is 1. The molecule has 0 aromatic heterocycles. The van der Waals surface area contributed by atoms with Gasteiger partial charge in [-0.15, -0.1) is 0 Å². The van der Waals surface area contributed by atoms with Crippen LogP contribution in [0, 0.1) is 5.92 Å². The minimum atomic E-state index is -0.880. The summed E-state index contributed by atoms with van der Waals surface area (Å²) in [6.07, 6.45) is 2.44. The van der Waals surface area contributed by atoms with Gasteiger partial charge in [-0.3, -0.25) is 0 Å². The average molecular weight is 249 g/mol. The highest BCUT2D eigenvalue weighted by atomic mass is 16.5. The zero-order valence-electron chi connectivity index (χ0n) is 11.4. The average Bonchev–Trinajstić information content (AvgIpc) is 3.19. The lowest BCUT2D eigenvalue weighted by Crippen LogP contribution is -2.43. The maximum absolute atomic E-state index is 11.0. The molecule has 2 rings (SSSR count). The van der Waals surface area contributed by atoms with E-state index in [2.05, 4.69) is 5.32 Å². The van der Waals surface area contributed by atoms with Crippen molar-refractivity contribution in [3.8, 4) is 5.75 Å². The summed E-state index contributed by atoms with van der Waals surface area (Å²) >= 11 is 0. The lowest BCUT2D eigenvalue weighted by Gasteiger charge is -2.34. The van der Waals surface area contributed by atoms with E-state index in [4.69, 9.17) is 4.74 Å². The van der Waals surface area contributed by atoms with Gasteiger partial charge in [0, 0.05) is 18.2 Å². The first-order chi connectivity index (χ1) is 8.58. The van der Waals surface area contributed by atoms with E-state index in [9.17, 15) is 5.11 Å². The predicted octanol–water partition coefficient (Wildman–Crippen LogP) is 2.29. The molecule has 0 bridgehead atoms. The van der Waals surface area contributed by atoms with Gasteiger partial charge in [0.05, 0.1) is 7.11 Å². The molecule has 1 unspecified atom stereocenters. The Morgan fingerprint density at radius 1 is 1.39 bits per heavy atom. The number of nitrogens with one attached hydrogen (secondary N) is 1. The molecule has 0 aliphatic heterocycles. The molecule has 1 aliphatic carbocycles. The van der Waals surface area contributed by atoms with E-state index >= 15 is 0 Å². The van der Waals surface area contributed by atoms with Gasteiger partial charge in [0.15, 0.2) is 0 Å². The number of ether oxygens (including phenoxy) is 1. The first kappa shape index (κ1) is 13.4. The van der Waals surface area contributed by atoms with E-state index in [0.717, 1.165) is 11.3 Å². The Hall–Kier alpha value is -1.06. The van der Waals surface area contributed by atoms with Crippen molar-refractivity contribution in [1.29, 1.82) is 0 Å². The number of para-hydroxylation sites is 1. The van der Waals surface area contributed by atoms with Crippen LogP contribution in [0.15, 0.2) is 24.3 Å². The molecule has 1 saturated carbocycles. The molecule has 0 heterocycles. The maximum atomic E-state index is 11.0. The summed E-state index contributed by atoms with van der Waals surface area (Å²) < 4.78 is 5.38. The van der Waals surface area contributed by atoms with Gasteiger partial charge in [-0.05, 0) is 24.8 Å². The molecular weight excluding hydrogens is 226 g/mol. The van der Waals surface area contributed by atoms with Gasteiger partial charge in [0.1, 0.15) is 11.4 Å². The number of benzene rings is 1. The third-order valence-corrected chi connectivity index (χ3v) is 3.77. The summed E-state index contributed by atoms with van der Waals surface area (Å²) in [4.78, 5) is 0. The van der Waals surface area contributed by atoms with E-state index < -0.39 is 5.60 Å². The van der Waals surface area contributed by atoms with Gasteiger partial charge in [-0.1, -0.05) is 32.0 Å². The van der Waals surface area contributed by atoms with Crippen molar-refractivity contribution in [3.63, 3.8) is 0 Å². The van der Waals surface area contributed by atoms with E-state index in [1.165, 1.54) is 12.8 Å². The third kappa shape index (κ3) is 2.68. The van der Waals surface area contributed by atoms with Gasteiger partial charge in [0.25, 0.3) is 0 Å². The molecule has 1 aromatic carbocycles. The quantitative estimate of drug-likeness (QED) is 0.813. The molecule has 0 spiro atoms. The molecule has 0 radical (unpaired) electrons. The molecule has 0 amide bonds. The first-order valence-electron chi connectivity index (χ1n) is 6.67. The molecule has 1 aliphatic rings. The van der Waals surface area contributed by atoms with Crippen molar-refractivity contribution in [1.82, 2.24) is 5.32 Å². The largest absolute Gasteiger partial charge is 0.496 e. The van der Waals surface area contributed by atoms with Crippen molar-refractivity contribution < 1.29 is 9.84 Å². The third-order valence-electron chi connectivity index (χ3n) is 3.77. The van der Waals surface area contributed by atoms with Crippen LogP contribution in [0.2, 0.25) is 0 Å². The highest BCUT2D eigenvalue weighted by Gasteiger charge is 2.37.